The minimum absolute atomic E-state index is 0.839. The van der Waals surface area contributed by atoms with Crippen LogP contribution in [0.3, 0.4) is 0 Å². The fourth-order valence-corrected chi connectivity index (χ4v) is 1.60. The lowest BCUT2D eigenvalue weighted by Gasteiger charge is -2.18. The Hall–Kier alpha value is -1.41. The highest BCUT2D eigenvalue weighted by Gasteiger charge is 2.18. The van der Waals surface area contributed by atoms with E-state index in [9.17, 15) is 5.11 Å². The summed E-state index contributed by atoms with van der Waals surface area (Å²) in [5.41, 5.74) is 0.909. The van der Waals surface area contributed by atoms with Crippen LogP contribution in [-0.4, -0.2) is 10.1 Å². The Bertz CT molecular complexity index is 452. The Balaban J connectivity index is 2.78. The third-order valence-electron chi connectivity index (χ3n) is 2.29. The monoisotopic (exact) mass is 187 g/mol. The van der Waals surface area contributed by atoms with Crippen LogP contribution in [0.1, 0.15) is 19.4 Å². The summed E-state index contributed by atoms with van der Waals surface area (Å²) in [5, 5.41) is 11.0. The predicted octanol–water partition coefficient (Wildman–Crippen LogP) is 2.46. The number of pyridine rings is 1. The second-order valence-corrected chi connectivity index (χ2v) is 3.94. The number of aliphatic hydroxyl groups is 1. The summed E-state index contributed by atoms with van der Waals surface area (Å²) in [4.78, 5) is 4.29. The highest BCUT2D eigenvalue weighted by atomic mass is 16.3. The lowest BCUT2D eigenvalue weighted by molar-refractivity contribution is 0.0800. The maximum absolute atomic E-state index is 9.95. The number of fused-ring (bicyclic) bond motifs is 1. The maximum Gasteiger partial charge on any atom is 0.0861 e. The molecule has 1 aromatic heterocycles. The van der Waals surface area contributed by atoms with Crippen LogP contribution in [0.2, 0.25) is 0 Å². The molecule has 1 aromatic carbocycles. The molecular weight excluding hydrogens is 174 g/mol. The van der Waals surface area contributed by atoms with E-state index < -0.39 is 5.60 Å². The zero-order valence-electron chi connectivity index (χ0n) is 8.36. The average Bonchev–Trinajstić information content (AvgIpc) is 2.15. The Labute approximate surface area is 83.2 Å². The van der Waals surface area contributed by atoms with Gasteiger partial charge in [-0.25, -0.2) is 0 Å². The number of aromatic nitrogens is 1. The summed E-state index contributed by atoms with van der Waals surface area (Å²) >= 11 is 0. The molecule has 0 aliphatic rings. The molecule has 0 aliphatic heterocycles. The Morgan fingerprint density at radius 2 is 1.86 bits per heavy atom. The number of para-hydroxylation sites is 1. The van der Waals surface area contributed by atoms with Gasteiger partial charge in [0.2, 0.25) is 0 Å². The number of benzene rings is 1. The van der Waals surface area contributed by atoms with Crippen molar-refractivity contribution < 1.29 is 5.11 Å². The standard InChI is InChI=1S/C12H13NO/c1-12(2,14)10-7-3-5-9-6-4-8-13-11(9)10/h3-8,14H,1-2H3. The number of hydrogen-bond donors (Lipinski definition) is 1. The SMILES string of the molecule is CC(C)(O)c1cccc2cccnc12. The molecule has 0 saturated heterocycles. The van der Waals surface area contributed by atoms with Crippen molar-refractivity contribution in [2.24, 2.45) is 0 Å². The van der Waals surface area contributed by atoms with Crippen LogP contribution in [0.15, 0.2) is 36.5 Å². The second kappa shape index (κ2) is 3.07. The van der Waals surface area contributed by atoms with E-state index in [2.05, 4.69) is 4.98 Å². The van der Waals surface area contributed by atoms with Crippen molar-refractivity contribution in [1.82, 2.24) is 4.98 Å². The van der Waals surface area contributed by atoms with Gasteiger partial charge >= 0.3 is 0 Å². The number of rotatable bonds is 1. The minimum atomic E-state index is -0.839. The van der Waals surface area contributed by atoms with E-state index in [4.69, 9.17) is 0 Å². The van der Waals surface area contributed by atoms with Gasteiger partial charge in [0, 0.05) is 17.1 Å². The van der Waals surface area contributed by atoms with Gasteiger partial charge in [-0.1, -0.05) is 24.3 Å². The van der Waals surface area contributed by atoms with Crippen LogP contribution < -0.4 is 0 Å². The van der Waals surface area contributed by atoms with E-state index >= 15 is 0 Å². The largest absolute Gasteiger partial charge is 0.386 e. The van der Waals surface area contributed by atoms with Crippen LogP contribution >= 0.6 is 0 Å². The molecular formula is C12H13NO. The molecule has 0 radical (unpaired) electrons. The Morgan fingerprint density at radius 3 is 2.57 bits per heavy atom. The summed E-state index contributed by atoms with van der Waals surface area (Å²) in [6.45, 7) is 3.55. The van der Waals surface area contributed by atoms with Crippen molar-refractivity contribution in [2.45, 2.75) is 19.4 Å². The van der Waals surface area contributed by atoms with Gasteiger partial charge < -0.3 is 5.11 Å². The molecule has 0 atom stereocenters. The van der Waals surface area contributed by atoms with E-state index in [1.54, 1.807) is 20.0 Å². The summed E-state index contributed by atoms with van der Waals surface area (Å²) in [5.74, 6) is 0. The first-order valence-electron chi connectivity index (χ1n) is 4.65. The van der Waals surface area contributed by atoms with E-state index in [1.165, 1.54) is 0 Å². The fourth-order valence-electron chi connectivity index (χ4n) is 1.60. The maximum atomic E-state index is 9.95. The van der Waals surface area contributed by atoms with E-state index in [0.29, 0.717) is 0 Å². The molecule has 14 heavy (non-hydrogen) atoms. The van der Waals surface area contributed by atoms with Gasteiger partial charge in [0.15, 0.2) is 0 Å². The van der Waals surface area contributed by atoms with E-state index in [1.807, 2.05) is 30.3 Å². The fraction of sp³-hybridized carbons (Fsp3) is 0.250. The Kier molecular flexibility index (Phi) is 2.01. The molecule has 0 bridgehead atoms. The molecule has 0 spiro atoms. The van der Waals surface area contributed by atoms with E-state index in [-0.39, 0.29) is 0 Å². The Morgan fingerprint density at radius 1 is 1.14 bits per heavy atom. The lowest BCUT2D eigenvalue weighted by atomic mass is 9.96. The van der Waals surface area contributed by atoms with Gasteiger partial charge in [-0.15, -0.1) is 0 Å². The highest BCUT2D eigenvalue weighted by molar-refractivity contribution is 5.82. The summed E-state index contributed by atoms with van der Waals surface area (Å²) in [6.07, 6.45) is 1.75. The van der Waals surface area contributed by atoms with Gasteiger partial charge in [0.05, 0.1) is 11.1 Å². The first-order chi connectivity index (χ1) is 6.59. The van der Waals surface area contributed by atoms with Gasteiger partial charge in [-0.05, 0) is 19.9 Å². The van der Waals surface area contributed by atoms with Gasteiger partial charge in [0.1, 0.15) is 0 Å². The van der Waals surface area contributed by atoms with Crippen LogP contribution in [0.25, 0.3) is 10.9 Å². The molecule has 2 aromatic rings. The van der Waals surface area contributed by atoms with Crippen LogP contribution in [0.5, 0.6) is 0 Å². The lowest BCUT2D eigenvalue weighted by Crippen LogP contribution is -2.16. The van der Waals surface area contributed by atoms with Crippen molar-refractivity contribution in [3.63, 3.8) is 0 Å². The molecule has 0 amide bonds. The minimum Gasteiger partial charge on any atom is -0.386 e. The quantitative estimate of drug-likeness (QED) is 0.744. The smallest absolute Gasteiger partial charge is 0.0861 e. The van der Waals surface area contributed by atoms with Crippen LogP contribution in [-0.2, 0) is 5.60 Å². The summed E-state index contributed by atoms with van der Waals surface area (Å²) in [6, 6.07) is 9.75. The average molecular weight is 187 g/mol. The summed E-state index contributed by atoms with van der Waals surface area (Å²) < 4.78 is 0. The van der Waals surface area contributed by atoms with Crippen LogP contribution in [0, 0.1) is 0 Å². The van der Waals surface area contributed by atoms with Gasteiger partial charge in [0.25, 0.3) is 0 Å². The zero-order valence-corrected chi connectivity index (χ0v) is 8.36. The van der Waals surface area contributed by atoms with Crippen LogP contribution in [0.4, 0.5) is 0 Å². The van der Waals surface area contributed by atoms with Gasteiger partial charge in [-0.2, -0.15) is 0 Å². The molecule has 0 aliphatic carbocycles. The molecule has 0 fully saturated rings. The molecule has 0 saturated carbocycles. The number of hydrogen-bond acceptors (Lipinski definition) is 2. The molecule has 2 rings (SSSR count). The predicted molar refractivity (Wildman–Crippen MR) is 57.0 cm³/mol. The van der Waals surface area contributed by atoms with Crippen molar-refractivity contribution in [1.29, 1.82) is 0 Å². The molecule has 2 nitrogen and oxygen atoms in total. The topological polar surface area (TPSA) is 33.1 Å². The van der Waals surface area contributed by atoms with Crippen molar-refractivity contribution in [2.75, 3.05) is 0 Å². The second-order valence-electron chi connectivity index (χ2n) is 3.94. The van der Waals surface area contributed by atoms with E-state index in [0.717, 1.165) is 16.5 Å². The molecule has 2 heteroatoms. The zero-order chi connectivity index (χ0) is 10.2. The van der Waals surface area contributed by atoms with Crippen molar-refractivity contribution >= 4 is 10.9 Å². The van der Waals surface area contributed by atoms with Gasteiger partial charge in [-0.3, -0.25) is 4.98 Å². The number of nitrogens with zero attached hydrogens (tertiary/aromatic N) is 1. The third kappa shape index (κ3) is 1.49. The molecule has 1 heterocycles. The van der Waals surface area contributed by atoms with Crippen molar-refractivity contribution in [3.05, 3.63) is 42.1 Å². The first-order valence-corrected chi connectivity index (χ1v) is 4.65. The van der Waals surface area contributed by atoms with Crippen molar-refractivity contribution in [3.8, 4) is 0 Å². The first kappa shape index (κ1) is 9.16. The molecule has 72 valence electrons. The normalized spacial score (nSPS) is 11.9. The summed E-state index contributed by atoms with van der Waals surface area (Å²) in [7, 11) is 0. The highest BCUT2D eigenvalue weighted by Crippen LogP contribution is 2.26. The third-order valence-corrected chi connectivity index (χ3v) is 2.29. The molecule has 1 N–H and O–H groups in total. The molecule has 0 unspecified atom stereocenters.